The fourth-order valence-corrected chi connectivity index (χ4v) is 0.660. The fraction of sp³-hybridized carbons (Fsp3) is 0.250. The van der Waals surface area contributed by atoms with Gasteiger partial charge in [-0.05, 0) is 6.92 Å². The minimum atomic E-state index is 0.365. The minimum Gasteiger partial charge on any atom is -0.381 e. The lowest BCUT2D eigenvalue weighted by Gasteiger charge is -1.76. The van der Waals surface area contributed by atoms with Gasteiger partial charge in [0, 0.05) is 0 Å². The number of imidazole rings is 1. The van der Waals surface area contributed by atoms with Gasteiger partial charge in [-0.15, -0.1) is 0 Å². The first kappa shape index (κ1) is 5.44. The van der Waals surface area contributed by atoms with Crippen LogP contribution in [0, 0.1) is 6.92 Å². The van der Waals surface area contributed by atoms with Crippen molar-refractivity contribution in [2.45, 2.75) is 6.92 Å². The number of anilines is 1. The topological polar surface area (TPSA) is 54.7 Å². The van der Waals surface area contributed by atoms with Crippen molar-refractivity contribution in [3.63, 3.8) is 0 Å². The zero-order chi connectivity index (χ0) is 6.15. The fourth-order valence-electron chi connectivity index (χ4n) is 0.481. The largest absolute Gasteiger partial charge is 0.381 e. The highest BCUT2D eigenvalue weighted by Crippen LogP contribution is 2.12. The first-order valence-electron chi connectivity index (χ1n) is 2.17. The summed E-state index contributed by atoms with van der Waals surface area (Å²) in [4.78, 5) is 6.54. The van der Waals surface area contributed by atoms with E-state index in [1.54, 1.807) is 6.92 Å². The summed E-state index contributed by atoms with van der Waals surface area (Å²) in [7, 11) is 0. The van der Waals surface area contributed by atoms with Crippen molar-refractivity contribution in [2.24, 2.45) is 0 Å². The molecule has 4 heteroatoms. The van der Waals surface area contributed by atoms with Gasteiger partial charge in [0.15, 0.2) is 5.82 Å². The van der Waals surface area contributed by atoms with Crippen LogP contribution in [0.3, 0.4) is 0 Å². The van der Waals surface area contributed by atoms with E-state index < -0.39 is 0 Å². The number of hydrogen-bond acceptors (Lipinski definition) is 2. The molecule has 0 saturated heterocycles. The van der Waals surface area contributed by atoms with Gasteiger partial charge in [-0.25, -0.2) is 4.98 Å². The van der Waals surface area contributed by atoms with Crippen molar-refractivity contribution < 1.29 is 0 Å². The van der Waals surface area contributed by atoms with Crippen molar-refractivity contribution in [3.8, 4) is 0 Å². The van der Waals surface area contributed by atoms with Crippen LogP contribution >= 0.6 is 11.6 Å². The molecule has 1 heterocycles. The maximum atomic E-state index is 5.49. The van der Waals surface area contributed by atoms with Gasteiger partial charge in [0.05, 0.1) is 0 Å². The molecule has 0 bridgehead atoms. The van der Waals surface area contributed by atoms with Crippen LogP contribution < -0.4 is 5.73 Å². The summed E-state index contributed by atoms with van der Waals surface area (Å²) in [6.07, 6.45) is 0. The smallest absolute Gasteiger partial charge is 0.161 e. The Kier molecular flexibility index (Phi) is 1.13. The quantitative estimate of drug-likeness (QED) is 0.551. The summed E-state index contributed by atoms with van der Waals surface area (Å²) in [6, 6.07) is 0. The second kappa shape index (κ2) is 1.67. The van der Waals surface area contributed by atoms with Gasteiger partial charge in [-0.2, -0.15) is 0 Å². The normalized spacial score (nSPS) is 9.75. The van der Waals surface area contributed by atoms with Gasteiger partial charge in [-0.1, -0.05) is 11.6 Å². The Hall–Kier alpha value is -0.700. The number of aryl methyl sites for hydroxylation is 1. The first-order valence-corrected chi connectivity index (χ1v) is 2.55. The number of aromatic nitrogens is 2. The molecule has 1 aromatic heterocycles. The molecule has 0 fully saturated rings. The molecule has 0 aliphatic rings. The highest BCUT2D eigenvalue weighted by atomic mass is 35.5. The molecule has 1 rings (SSSR count). The van der Waals surface area contributed by atoms with E-state index >= 15 is 0 Å². The lowest BCUT2D eigenvalue weighted by atomic mass is 10.8. The summed E-state index contributed by atoms with van der Waals surface area (Å²) in [6.45, 7) is 1.79. The monoisotopic (exact) mass is 131 g/mol. The lowest BCUT2D eigenvalue weighted by Crippen LogP contribution is -1.83. The van der Waals surface area contributed by atoms with Crippen LogP contribution in [0.5, 0.6) is 0 Å². The molecule has 0 aliphatic heterocycles. The van der Waals surface area contributed by atoms with Crippen molar-refractivity contribution >= 4 is 17.4 Å². The van der Waals surface area contributed by atoms with Crippen LogP contribution in [0.4, 0.5) is 5.82 Å². The van der Waals surface area contributed by atoms with Gasteiger partial charge in [0.1, 0.15) is 11.0 Å². The van der Waals surface area contributed by atoms with E-state index in [1.165, 1.54) is 0 Å². The predicted octanol–water partition coefficient (Wildman–Crippen LogP) is 0.954. The van der Waals surface area contributed by atoms with Crippen LogP contribution in [-0.4, -0.2) is 9.97 Å². The standard InChI is InChI=1S/C4H6ClN3/c1-2-7-3(5)4(6)8-2/h6H2,1H3,(H,7,8). The molecule has 0 atom stereocenters. The average molecular weight is 132 g/mol. The molecule has 0 aliphatic carbocycles. The summed E-state index contributed by atoms with van der Waals surface area (Å²) in [5, 5.41) is 0.419. The average Bonchev–Trinajstić information content (AvgIpc) is 1.85. The number of nitrogens with zero attached hydrogens (tertiary/aromatic N) is 1. The summed E-state index contributed by atoms with van der Waals surface area (Å²) >= 11 is 5.49. The number of aromatic amines is 1. The first-order chi connectivity index (χ1) is 3.70. The molecular formula is C4H6ClN3. The summed E-state index contributed by atoms with van der Waals surface area (Å²) < 4.78 is 0. The van der Waals surface area contributed by atoms with Crippen molar-refractivity contribution in [3.05, 3.63) is 11.0 Å². The van der Waals surface area contributed by atoms with E-state index in [0.29, 0.717) is 11.0 Å². The third kappa shape index (κ3) is 0.767. The Labute approximate surface area is 51.9 Å². The second-order valence-corrected chi connectivity index (χ2v) is 1.90. The maximum Gasteiger partial charge on any atom is 0.161 e. The molecule has 0 saturated carbocycles. The molecule has 3 N–H and O–H groups in total. The van der Waals surface area contributed by atoms with E-state index in [1.807, 2.05) is 0 Å². The Morgan fingerprint density at radius 3 is 2.50 bits per heavy atom. The molecular weight excluding hydrogens is 126 g/mol. The van der Waals surface area contributed by atoms with E-state index in [0.717, 1.165) is 5.82 Å². The minimum absolute atomic E-state index is 0.365. The molecule has 1 aromatic rings. The van der Waals surface area contributed by atoms with E-state index in [-0.39, 0.29) is 0 Å². The van der Waals surface area contributed by atoms with E-state index in [2.05, 4.69) is 9.97 Å². The summed E-state index contributed by atoms with van der Waals surface area (Å²) in [5.41, 5.74) is 5.27. The Bertz CT molecular complexity index is 174. The van der Waals surface area contributed by atoms with Crippen molar-refractivity contribution in [2.75, 3.05) is 5.73 Å². The predicted molar refractivity (Wildman–Crippen MR) is 32.7 cm³/mol. The SMILES string of the molecule is Cc1nc(N)c(Cl)[nH]1. The third-order valence-corrected chi connectivity index (χ3v) is 1.09. The van der Waals surface area contributed by atoms with Crippen molar-refractivity contribution in [1.29, 1.82) is 0 Å². The van der Waals surface area contributed by atoms with Crippen molar-refractivity contribution in [1.82, 2.24) is 9.97 Å². The van der Waals surface area contributed by atoms with Crippen LogP contribution in [0.2, 0.25) is 5.15 Å². The molecule has 3 nitrogen and oxygen atoms in total. The van der Waals surface area contributed by atoms with E-state index in [9.17, 15) is 0 Å². The van der Waals surface area contributed by atoms with Gasteiger partial charge >= 0.3 is 0 Å². The third-order valence-electron chi connectivity index (χ3n) is 0.804. The van der Waals surface area contributed by atoms with Crippen LogP contribution in [0.15, 0.2) is 0 Å². The molecule has 0 radical (unpaired) electrons. The van der Waals surface area contributed by atoms with Gasteiger partial charge in [0.2, 0.25) is 0 Å². The van der Waals surface area contributed by atoms with Gasteiger partial charge in [-0.3, -0.25) is 0 Å². The number of rotatable bonds is 0. The Balaban J connectivity index is 3.14. The molecule has 8 heavy (non-hydrogen) atoms. The zero-order valence-corrected chi connectivity index (χ0v) is 5.16. The maximum absolute atomic E-state index is 5.49. The highest BCUT2D eigenvalue weighted by molar-refractivity contribution is 6.31. The molecule has 44 valence electrons. The Morgan fingerprint density at radius 2 is 2.38 bits per heavy atom. The van der Waals surface area contributed by atoms with Crippen LogP contribution in [-0.2, 0) is 0 Å². The number of nitrogen functional groups attached to an aromatic ring is 1. The summed E-state index contributed by atoms with van der Waals surface area (Å²) in [5.74, 6) is 1.11. The molecule has 0 spiro atoms. The number of halogens is 1. The number of H-pyrrole nitrogens is 1. The Morgan fingerprint density at radius 1 is 1.75 bits per heavy atom. The van der Waals surface area contributed by atoms with Gasteiger partial charge < -0.3 is 10.7 Å². The molecule has 0 unspecified atom stereocenters. The highest BCUT2D eigenvalue weighted by Gasteiger charge is 1.97. The lowest BCUT2D eigenvalue weighted by molar-refractivity contribution is 1.15. The zero-order valence-electron chi connectivity index (χ0n) is 4.40. The van der Waals surface area contributed by atoms with Crippen LogP contribution in [0.1, 0.15) is 5.82 Å². The number of hydrogen-bond donors (Lipinski definition) is 2. The second-order valence-electron chi connectivity index (χ2n) is 1.52. The molecule has 0 amide bonds. The number of nitrogens with two attached hydrogens (primary N) is 1. The molecule has 0 aromatic carbocycles. The van der Waals surface area contributed by atoms with Gasteiger partial charge in [0.25, 0.3) is 0 Å². The number of nitrogens with one attached hydrogen (secondary N) is 1. The van der Waals surface area contributed by atoms with E-state index in [4.69, 9.17) is 17.3 Å². The van der Waals surface area contributed by atoms with Crippen LogP contribution in [0.25, 0.3) is 0 Å².